The Balaban J connectivity index is 1.68. The number of carbonyl (C=O) groups excluding carboxylic acids is 3. The van der Waals surface area contributed by atoms with Crippen molar-refractivity contribution in [3.05, 3.63) is 59.7 Å². The molecular formula is C26H33N3O5. The van der Waals surface area contributed by atoms with E-state index in [2.05, 4.69) is 5.32 Å². The van der Waals surface area contributed by atoms with Gasteiger partial charge in [-0.15, -0.1) is 0 Å². The van der Waals surface area contributed by atoms with E-state index in [4.69, 9.17) is 9.47 Å². The van der Waals surface area contributed by atoms with Crippen molar-refractivity contribution >= 4 is 17.7 Å². The summed E-state index contributed by atoms with van der Waals surface area (Å²) >= 11 is 0. The molecule has 1 saturated heterocycles. The molecule has 1 aliphatic heterocycles. The second-order valence-corrected chi connectivity index (χ2v) is 8.70. The van der Waals surface area contributed by atoms with Crippen LogP contribution in [0.2, 0.25) is 0 Å². The predicted molar refractivity (Wildman–Crippen MR) is 129 cm³/mol. The molecule has 1 unspecified atom stereocenters. The quantitative estimate of drug-likeness (QED) is 0.645. The lowest BCUT2D eigenvalue weighted by Gasteiger charge is -2.36. The zero-order valence-corrected chi connectivity index (χ0v) is 20.2. The van der Waals surface area contributed by atoms with Crippen LogP contribution in [0.15, 0.2) is 48.5 Å². The lowest BCUT2D eigenvalue weighted by Crippen LogP contribution is -2.53. The van der Waals surface area contributed by atoms with Gasteiger partial charge in [-0.05, 0) is 29.7 Å². The highest BCUT2D eigenvalue weighted by molar-refractivity contribution is 5.95. The number of benzene rings is 2. The van der Waals surface area contributed by atoms with Crippen LogP contribution >= 0.6 is 0 Å². The largest absolute Gasteiger partial charge is 0.493 e. The van der Waals surface area contributed by atoms with E-state index >= 15 is 0 Å². The predicted octanol–water partition coefficient (Wildman–Crippen LogP) is 2.89. The molecule has 3 rings (SSSR count). The van der Waals surface area contributed by atoms with Crippen LogP contribution < -0.4 is 14.8 Å². The summed E-state index contributed by atoms with van der Waals surface area (Å²) in [7, 11) is 3.07. The number of nitrogens with zero attached hydrogens (tertiary/aromatic N) is 2. The van der Waals surface area contributed by atoms with E-state index in [0.717, 1.165) is 5.56 Å². The van der Waals surface area contributed by atoms with Gasteiger partial charge in [0.05, 0.1) is 14.2 Å². The van der Waals surface area contributed by atoms with E-state index in [0.29, 0.717) is 49.7 Å². The van der Waals surface area contributed by atoms with Gasteiger partial charge in [0.2, 0.25) is 11.8 Å². The molecule has 182 valence electrons. The minimum atomic E-state index is -0.749. The molecule has 1 N–H and O–H groups in total. The molecule has 34 heavy (non-hydrogen) atoms. The van der Waals surface area contributed by atoms with Gasteiger partial charge in [-0.3, -0.25) is 14.4 Å². The SMILES string of the molecule is COc1ccc(C(=O)N2CCN(C(=O)C(NC(=O)CC(C)C)c3ccccc3)CC2)cc1OC. The Morgan fingerprint density at radius 1 is 0.882 bits per heavy atom. The molecule has 1 heterocycles. The van der Waals surface area contributed by atoms with Crippen LogP contribution in [0.1, 0.15) is 42.2 Å². The van der Waals surface area contributed by atoms with Crippen molar-refractivity contribution in [2.75, 3.05) is 40.4 Å². The molecule has 0 bridgehead atoms. The summed E-state index contributed by atoms with van der Waals surface area (Å²) in [5, 5.41) is 2.91. The third-order valence-electron chi connectivity index (χ3n) is 5.79. The molecule has 0 spiro atoms. The van der Waals surface area contributed by atoms with Crippen molar-refractivity contribution < 1.29 is 23.9 Å². The Hall–Kier alpha value is -3.55. The number of ether oxygens (including phenoxy) is 2. The number of carbonyl (C=O) groups is 3. The van der Waals surface area contributed by atoms with Gasteiger partial charge in [0.25, 0.3) is 5.91 Å². The molecule has 8 heteroatoms. The van der Waals surface area contributed by atoms with Gasteiger partial charge in [-0.1, -0.05) is 44.2 Å². The van der Waals surface area contributed by atoms with Crippen molar-refractivity contribution in [1.29, 1.82) is 0 Å². The highest BCUT2D eigenvalue weighted by atomic mass is 16.5. The van der Waals surface area contributed by atoms with Gasteiger partial charge in [0.15, 0.2) is 11.5 Å². The maximum Gasteiger partial charge on any atom is 0.254 e. The van der Waals surface area contributed by atoms with E-state index in [-0.39, 0.29) is 23.6 Å². The van der Waals surface area contributed by atoms with Crippen LogP contribution in [-0.4, -0.2) is 67.9 Å². The third-order valence-corrected chi connectivity index (χ3v) is 5.79. The molecular weight excluding hydrogens is 434 g/mol. The van der Waals surface area contributed by atoms with Crippen LogP contribution in [0.25, 0.3) is 0 Å². The topological polar surface area (TPSA) is 88.2 Å². The first-order chi connectivity index (χ1) is 16.3. The molecule has 3 amide bonds. The molecule has 0 saturated carbocycles. The second kappa shape index (κ2) is 11.5. The molecule has 0 aliphatic carbocycles. The van der Waals surface area contributed by atoms with Gasteiger partial charge in [0.1, 0.15) is 6.04 Å². The van der Waals surface area contributed by atoms with Crippen LogP contribution in [0.4, 0.5) is 0 Å². The fraction of sp³-hybridized carbons (Fsp3) is 0.423. The maximum absolute atomic E-state index is 13.4. The Bertz CT molecular complexity index is 1000. The van der Waals surface area contributed by atoms with Crippen molar-refractivity contribution in [3.8, 4) is 11.5 Å². The van der Waals surface area contributed by atoms with Crippen molar-refractivity contribution in [2.45, 2.75) is 26.3 Å². The summed E-state index contributed by atoms with van der Waals surface area (Å²) in [4.78, 5) is 42.3. The Kier molecular flexibility index (Phi) is 8.51. The molecule has 8 nitrogen and oxygen atoms in total. The number of amides is 3. The highest BCUT2D eigenvalue weighted by Crippen LogP contribution is 2.28. The molecule has 0 aromatic heterocycles. The molecule has 0 radical (unpaired) electrons. The number of methoxy groups -OCH3 is 2. The lowest BCUT2D eigenvalue weighted by atomic mass is 10.0. The fourth-order valence-electron chi connectivity index (χ4n) is 3.99. The van der Waals surface area contributed by atoms with Crippen LogP contribution in [-0.2, 0) is 9.59 Å². The average molecular weight is 468 g/mol. The molecule has 2 aromatic rings. The van der Waals surface area contributed by atoms with Gasteiger partial charge >= 0.3 is 0 Å². The van der Waals surface area contributed by atoms with Crippen LogP contribution in [0.3, 0.4) is 0 Å². The highest BCUT2D eigenvalue weighted by Gasteiger charge is 2.31. The first-order valence-electron chi connectivity index (χ1n) is 11.5. The molecule has 1 fully saturated rings. The van der Waals surface area contributed by atoms with Gasteiger partial charge in [0, 0.05) is 38.2 Å². The monoisotopic (exact) mass is 467 g/mol. The van der Waals surface area contributed by atoms with Crippen molar-refractivity contribution in [3.63, 3.8) is 0 Å². The van der Waals surface area contributed by atoms with E-state index in [9.17, 15) is 14.4 Å². The number of piperazine rings is 1. The summed E-state index contributed by atoms with van der Waals surface area (Å²) in [5.74, 6) is 0.794. The van der Waals surface area contributed by atoms with Gasteiger partial charge < -0.3 is 24.6 Å². The summed E-state index contributed by atoms with van der Waals surface area (Å²) < 4.78 is 10.5. The van der Waals surface area contributed by atoms with Crippen molar-refractivity contribution in [2.24, 2.45) is 5.92 Å². The number of hydrogen-bond donors (Lipinski definition) is 1. The summed E-state index contributed by atoms with van der Waals surface area (Å²) in [6.45, 7) is 5.52. The number of hydrogen-bond acceptors (Lipinski definition) is 5. The standard InChI is InChI=1S/C26H33N3O5/c1-18(2)16-23(30)27-24(19-8-6-5-7-9-19)26(32)29-14-12-28(13-15-29)25(31)20-10-11-21(33-3)22(17-20)34-4/h5-11,17-18,24H,12-16H2,1-4H3,(H,27,30). The van der Waals surface area contributed by atoms with Crippen molar-refractivity contribution in [1.82, 2.24) is 15.1 Å². The Morgan fingerprint density at radius 2 is 1.50 bits per heavy atom. The van der Waals surface area contributed by atoms with E-state index in [1.165, 1.54) is 7.11 Å². The normalized spacial score (nSPS) is 14.5. The average Bonchev–Trinajstić information content (AvgIpc) is 2.86. The Labute approximate surface area is 200 Å². The summed E-state index contributed by atoms with van der Waals surface area (Å²) in [6, 6.07) is 13.6. The van der Waals surface area contributed by atoms with E-state index in [1.54, 1.807) is 35.1 Å². The minimum Gasteiger partial charge on any atom is -0.493 e. The smallest absolute Gasteiger partial charge is 0.254 e. The number of nitrogens with one attached hydrogen (secondary N) is 1. The van der Waals surface area contributed by atoms with Gasteiger partial charge in [-0.25, -0.2) is 0 Å². The minimum absolute atomic E-state index is 0.127. The molecule has 1 atom stereocenters. The van der Waals surface area contributed by atoms with E-state index < -0.39 is 6.04 Å². The Morgan fingerprint density at radius 3 is 2.09 bits per heavy atom. The maximum atomic E-state index is 13.4. The summed E-state index contributed by atoms with van der Waals surface area (Å²) in [5.41, 5.74) is 1.24. The molecule has 2 aromatic carbocycles. The third kappa shape index (κ3) is 6.07. The van der Waals surface area contributed by atoms with Crippen LogP contribution in [0.5, 0.6) is 11.5 Å². The van der Waals surface area contributed by atoms with Gasteiger partial charge in [-0.2, -0.15) is 0 Å². The van der Waals surface area contributed by atoms with E-state index in [1.807, 2.05) is 44.2 Å². The van der Waals surface area contributed by atoms with Crippen LogP contribution in [0, 0.1) is 5.92 Å². The fourth-order valence-corrected chi connectivity index (χ4v) is 3.99. The lowest BCUT2D eigenvalue weighted by molar-refractivity contribution is -0.138. The first-order valence-corrected chi connectivity index (χ1v) is 11.5. The first kappa shape index (κ1) is 25.1. The number of rotatable bonds is 8. The summed E-state index contributed by atoms with van der Waals surface area (Å²) in [6.07, 6.45) is 0.351. The molecule has 1 aliphatic rings. The second-order valence-electron chi connectivity index (χ2n) is 8.70. The zero-order chi connectivity index (χ0) is 24.7. The zero-order valence-electron chi connectivity index (χ0n) is 20.2.